The van der Waals surface area contributed by atoms with Gasteiger partial charge in [0.05, 0.1) is 6.04 Å². The van der Waals surface area contributed by atoms with Gasteiger partial charge in [0.1, 0.15) is 0 Å². The third kappa shape index (κ3) is 3.37. The van der Waals surface area contributed by atoms with Gasteiger partial charge in [0.15, 0.2) is 0 Å². The second-order valence-corrected chi connectivity index (χ2v) is 6.33. The van der Waals surface area contributed by atoms with Crippen LogP contribution in [0.3, 0.4) is 0 Å². The van der Waals surface area contributed by atoms with Crippen LogP contribution in [-0.2, 0) is 4.79 Å². The Morgan fingerprint density at radius 2 is 2.10 bits per heavy atom. The fourth-order valence-corrected chi connectivity index (χ4v) is 3.47. The van der Waals surface area contributed by atoms with E-state index in [0.29, 0.717) is 18.4 Å². The number of nitrogens with zero attached hydrogens (tertiary/aromatic N) is 1. The molecule has 1 aromatic rings. The molecule has 1 amide bonds. The fraction of sp³-hybridized carbons (Fsp3) is 0.533. The van der Waals surface area contributed by atoms with E-state index in [9.17, 15) is 4.79 Å². The van der Waals surface area contributed by atoms with Crippen molar-refractivity contribution in [2.24, 2.45) is 11.7 Å². The first-order valence-corrected chi connectivity index (χ1v) is 7.78. The molecule has 0 saturated carbocycles. The van der Waals surface area contributed by atoms with Crippen LogP contribution < -0.4 is 16.6 Å². The molecule has 5 nitrogen and oxygen atoms in total. The molecule has 3 unspecified atom stereocenters. The van der Waals surface area contributed by atoms with Gasteiger partial charge in [-0.1, -0.05) is 23.7 Å². The second-order valence-electron chi connectivity index (χ2n) is 5.89. The highest BCUT2D eigenvalue weighted by molar-refractivity contribution is 6.30. The maximum Gasteiger partial charge on any atom is 0.218 e. The highest BCUT2D eigenvalue weighted by atomic mass is 35.5. The van der Waals surface area contributed by atoms with Crippen molar-refractivity contribution in [1.82, 2.24) is 15.8 Å². The minimum absolute atomic E-state index is 0.228. The molecular formula is C15H21ClN4O. The lowest BCUT2D eigenvalue weighted by Gasteiger charge is -2.36. The van der Waals surface area contributed by atoms with E-state index in [0.717, 1.165) is 31.1 Å². The molecule has 2 aliphatic rings. The summed E-state index contributed by atoms with van der Waals surface area (Å²) in [4.78, 5) is 13.3. The number of amides is 1. The average molecular weight is 309 g/mol. The molecule has 2 saturated heterocycles. The summed E-state index contributed by atoms with van der Waals surface area (Å²) in [5, 5.41) is 0.757. The van der Waals surface area contributed by atoms with Gasteiger partial charge in [-0.2, -0.15) is 0 Å². The fourth-order valence-electron chi connectivity index (χ4n) is 3.35. The van der Waals surface area contributed by atoms with Gasteiger partial charge in [0.25, 0.3) is 0 Å². The van der Waals surface area contributed by atoms with E-state index < -0.39 is 0 Å². The Bertz CT molecular complexity index is 507. The summed E-state index contributed by atoms with van der Waals surface area (Å²) in [7, 11) is 0. The molecule has 0 bridgehead atoms. The predicted molar refractivity (Wildman–Crippen MR) is 82.6 cm³/mol. The molecule has 3 atom stereocenters. The number of likely N-dealkylation sites (tertiary alicyclic amines) is 1. The first kappa shape index (κ1) is 14.8. The minimum Gasteiger partial charge on any atom is -0.370 e. The van der Waals surface area contributed by atoms with E-state index in [1.807, 2.05) is 12.1 Å². The summed E-state index contributed by atoms with van der Waals surface area (Å²) in [6, 6.07) is 8.77. The maximum absolute atomic E-state index is 10.9. The summed E-state index contributed by atoms with van der Waals surface area (Å²) < 4.78 is 0. The number of hydrogen-bond acceptors (Lipinski definition) is 4. The van der Waals surface area contributed by atoms with Crippen molar-refractivity contribution in [2.75, 3.05) is 19.6 Å². The Morgan fingerprint density at radius 3 is 2.81 bits per heavy atom. The number of nitrogens with two attached hydrogens (primary N) is 1. The molecule has 2 aliphatic heterocycles. The molecule has 0 radical (unpaired) electrons. The molecule has 6 heteroatoms. The van der Waals surface area contributed by atoms with Crippen LogP contribution in [0, 0.1) is 5.92 Å². The van der Waals surface area contributed by atoms with Crippen LogP contribution in [0.2, 0.25) is 5.02 Å². The summed E-state index contributed by atoms with van der Waals surface area (Å²) in [6.07, 6.45) is 1.52. The molecule has 21 heavy (non-hydrogen) atoms. The highest BCUT2D eigenvalue weighted by Gasteiger charge is 2.40. The molecule has 0 aliphatic carbocycles. The quantitative estimate of drug-likeness (QED) is 0.778. The SMILES string of the molecule is NC(=O)CCN1CCC2NNC(c3ccc(Cl)cc3)C2C1. The number of rotatable bonds is 4. The van der Waals surface area contributed by atoms with Gasteiger partial charge in [-0.3, -0.25) is 10.2 Å². The first-order chi connectivity index (χ1) is 10.1. The van der Waals surface area contributed by atoms with Gasteiger partial charge >= 0.3 is 0 Å². The van der Waals surface area contributed by atoms with Crippen LogP contribution in [0.4, 0.5) is 0 Å². The first-order valence-electron chi connectivity index (χ1n) is 7.40. The molecule has 114 valence electrons. The van der Waals surface area contributed by atoms with E-state index >= 15 is 0 Å². The molecule has 2 fully saturated rings. The summed E-state index contributed by atoms with van der Waals surface area (Å²) in [5.74, 6) is 0.266. The molecule has 2 heterocycles. The Morgan fingerprint density at radius 1 is 1.33 bits per heavy atom. The zero-order chi connectivity index (χ0) is 14.8. The Hall–Kier alpha value is -1.14. The van der Waals surface area contributed by atoms with Crippen LogP contribution in [0.5, 0.6) is 0 Å². The standard InChI is InChI=1S/C15H21ClN4O/c16-11-3-1-10(2-4-11)15-12-9-20(8-6-14(17)21)7-5-13(12)18-19-15/h1-4,12-13,15,18-19H,5-9H2,(H2,17,21). The number of hydrogen-bond donors (Lipinski definition) is 3. The van der Waals surface area contributed by atoms with Crippen molar-refractivity contribution in [3.8, 4) is 0 Å². The van der Waals surface area contributed by atoms with Crippen molar-refractivity contribution in [3.63, 3.8) is 0 Å². The zero-order valence-electron chi connectivity index (χ0n) is 11.9. The summed E-state index contributed by atoms with van der Waals surface area (Å²) in [5.41, 5.74) is 13.3. The predicted octanol–water partition coefficient (Wildman–Crippen LogP) is 1.05. The smallest absolute Gasteiger partial charge is 0.218 e. The van der Waals surface area contributed by atoms with Gasteiger partial charge in [0, 0.05) is 36.5 Å². The second kappa shape index (κ2) is 6.32. The minimum atomic E-state index is -0.228. The van der Waals surface area contributed by atoms with Crippen LogP contribution in [0.15, 0.2) is 24.3 Å². The van der Waals surface area contributed by atoms with Gasteiger partial charge in [-0.05, 0) is 30.7 Å². The summed E-state index contributed by atoms with van der Waals surface area (Å²) in [6.45, 7) is 2.74. The largest absolute Gasteiger partial charge is 0.370 e. The number of piperidine rings is 1. The maximum atomic E-state index is 10.9. The van der Waals surface area contributed by atoms with Crippen molar-refractivity contribution < 1.29 is 4.79 Å². The average Bonchev–Trinajstić information content (AvgIpc) is 2.89. The topological polar surface area (TPSA) is 70.4 Å². The molecule has 4 N–H and O–H groups in total. The Labute approximate surface area is 129 Å². The van der Waals surface area contributed by atoms with E-state index in [2.05, 4.69) is 27.9 Å². The number of carbonyl (C=O) groups excluding carboxylic acids is 1. The zero-order valence-corrected chi connectivity index (χ0v) is 12.6. The Kier molecular flexibility index (Phi) is 4.45. The van der Waals surface area contributed by atoms with Crippen molar-refractivity contribution in [2.45, 2.75) is 24.9 Å². The van der Waals surface area contributed by atoms with Crippen LogP contribution in [-0.4, -0.2) is 36.5 Å². The van der Waals surface area contributed by atoms with Crippen LogP contribution in [0.1, 0.15) is 24.4 Å². The summed E-state index contributed by atoms with van der Waals surface area (Å²) >= 11 is 5.96. The lowest BCUT2D eigenvalue weighted by molar-refractivity contribution is -0.118. The van der Waals surface area contributed by atoms with E-state index in [1.54, 1.807) is 0 Å². The van der Waals surface area contributed by atoms with Gasteiger partial charge in [-0.15, -0.1) is 0 Å². The lowest BCUT2D eigenvalue weighted by atomic mass is 9.85. The third-order valence-corrected chi connectivity index (χ3v) is 4.75. The number of nitrogens with one attached hydrogen (secondary N) is 2. The number of primary amides is 1. The van der Waals surface area contributed by atoms with Crippen LogP contribution >= 0.6 is 11.6 Å². The monoisotopic (exact) mass is 308 g/mol. The van der Waals surface area contributed by atoms with E-state index in [-0.39, 0.29) is 11.9 Å². The number of benzene rings is 1. The molecule has 0 aromatic heterocycles. The highest BCUT2D eigenvalue weighted by Crippen LogP contribution is 2.34. The molecule has 0 spiro atoms. The van der Waals surface area contributed by atoms with E-state index in [4.69, 9.17) is 17.3 Å². The molecular weight excluding hydrogens is 288 g/mol. The number of halogens is 1. The molecule has 3 rings (SSSR count). The van der Waals surface area contributed by atoms with Gasteiger partial charge in [0.2, 0.25) is 5.91 Å². The van der Waals surface area contributed by atoms with Gasteiger partial charge < -0.3 is 10.6 Å². The Balaban J connectivity index is 1.67. The van der Waals surface area contributed by atoms with Gasteiger partial charge in [-0.25, -0.2) is 5.43 Å². The third-order valence-electron chi connectivity index (χ3n) is 4.50. The number of hydrazine groups is 1. The number of fused-ring (bicyclic) bond motifs is 1. The van der Waals surface area contributed by atoms with Crippen LogP contribution in [0.25, 0.3) is 0 Å². The van der Waals surface area contributed by atoms with Crippen molar-refractivity contribution >= 4 is 17.5 Å². The lowest BCUT2D eigenvalue weighted by Crippen LogP contribution is -2.46. The van der Waals surface area contributed by atoms with Crippen molar-refractivity contribution in [1.29, 1.82) is 0 Å². The molecule has 1 aromatic carbocycles. The normalized spacial score (nSPS) is 29.3. The van der Waals surface area contributed by atoms with Crippen molar-refractivity contribution in [3.05, 3.63) is 34.9 Å². The number of carbonyl (C=O) groups is 1. The van der Waals surface area contributed by atoms with E-state index in [1.165, 1.54) is 5.56 Å².